The lowest BCUT2D eigenvalue weighted by Crippen LogP contribution is -1.96. The molecule has 0 bridgehead atoms. The van der Waals surface area contributed by atoms with Crippen LogP contribution in [0.15, 0.2) is 36.4 Å². The van der Waals surface area contributed by atoms with E-state index in [-0.39, 0.29) is 13.2 Å². The van der Waals surface area contributed by atoms with Gasteiger partial charge in [-0.1, -0.05) is 19.1 Å². The summed E-state index contributed by atoms with van der Waals surface area (Å²) in [7, 11) is 0. The quantitative estimate of drug-likeness (QED) is 0.848. The van der Waals surface area contributed by atoms with E-state index < -0.39 is 0 Å². The molecule has 2 N–H and O–H groups in total. The van der Waals surface area contributed by atoms with Crippen LogP contribution in [0.1, 0.15) is 23.7 Å². The molecule has 4 nitrogen and oxygen atoms in total. The first-order chi connectivity index (χ1) is 9.75. The Morgan fingerprint density at radius 2 is 1.80 bits per heavy atom. The lowest BCUT2D eigenvalue weighted by molar-refractivity contribution is 0.281. The van der Waals surface area contributed by atoms with E-state index in [1.165, 1.54) is 0 Å². The number of aliphatic hydroxyl groups is 2. The molecular formula is C16H19NO3. The van der Waals surface area contributed by atoms with Gasteiger partial charge >= 0.3 is 0 Å². The van der Waals surface area contributed by atoms with Crippen molar-refractivity contribution in [3.05, 3.63) is 53.2 Å². The fraction of sp³-hybridized carbons (Fsp3) is 0.312. The van der Waals surface area contributed by atoms with Crippen molar-refractivity contribution >= 4 is 0 Å². The Labute approximate surface area is 118 Å². The van der Waals surface area contributed by atoms with Crippen LogP contribution >= 0.6 is 0 Å². The SMILES string of the molecule is CCc1cc(CO)cc(Oc2ccc(CCO)cc2)n1. The second-order valence-corrected chi connectivity index (χ2v) is 4.54. The Hall–Kier alpha value is -1.91. The Morgan fingerprint density at radius 1 is 1.05 bits per heavy atom. The Bertz CT molecular complexity index is 530. The van der Waals surface area contributed by atoms with Gasteiger partial charge in [0.2, 0.25) is 5.88 Å². The standard InChI is InChI=1S/C16H19NO3/c1-2-14-9-13(11-19)10-16(17-14)20-15-5-3-12(4-6-15)7-8-18/h3-6,9-10,18-19H,2,7-8,11H2,1H3. The highest BCUT2D eigenvalue weighted by atomic mass is 16.5. The van der Waals surface area contributed by atoms with Gasteiger partial charge in [0.15, 0.2) is 0 Å². The monoisotopic (exact) mass is 273 g/mol. The minimum Gasteiger partial charge on any atom is -0.439 e. The number of nitrogens with zero attached hydrogens (tertiary/aromatic N) is 1. The third-order valence-corrected chi connectivity index (χ3v) is 3.01. The molecule has 106 valence electrons. The summed E-state index contributed by atoms with van der Waals surface area (Å²) in [4.78, 5) is 4.38. The van der Waals surface area contributed by atoms with Crippen molar-refractivity contribution in [2.75, 3.05) is 6.61 Å². The van der Waals surface area contributed by atoms with Gasteiger partial charge in [0, 0.05) is 18.4 Å². The van der Waals surface area contributed by atoms with Crippen molar-refractivity contribution in [3.63, 3.8) is 0 Å². The molecule has 0 spiro atoms. The maximum Gasteiger partial charge on any atom is 0.219 e. The average molecular weight is 273 g/mol. The number of rotatable bonds is 6. The van der Waals surface area contributed by atoms with Crippen molar-refractivity contribution in [1.82, 2.24) is 4.98 Å². The highest BCUT2D eigenvalue weighted by molar-refractivity contribution is 5.32. The van der Waals surface area contributed by atoms with E-state index in [1.54, 1.807) is 6.07 Å². The third kappa shape index (κ3) is 3.79. The van der Waals surface area contributed by atoms with E-state index in [0.717, 1.165) is 23.2 Å². The van der Waals surface area contributed by atoms with Gasteiger partial charge in [0.1, 0.15) is 5.75 Å². The zero-order valence-corrected chi connectivity index (χ0v) is 11.5. The number of aryl methyl sites for hydroxylation is 1. The Morgan fingerprint density at radius 3 is 2.40 bits per heavy atom. The third-order valence-electron chi connectivity index (χ3n) is 3.01. The van der Waals surface area contributed by atoms with Gasteiger partial charge in [-0.05, 0) is 42.2 Å². The Balaban J connectivity index is 2.16. The summed E-state index contributed by atoms with van der Waals surface area (Å²) in [5.41, 5.74) is 2.75. The van der Waals surface area contributed by atoms with Crippen molar-refractivity contribution in [1.29, 1.82) is 0 Å². The number of aliphatic hydroxyl groups excluding tert-OH is 2. The predicted molar refractivity (Wildman–Crippen MR) is 76.8 cm³/mol. The van der Waals surface area contributed by atoms with Crippen LogP contribution in [0, 0.1) is 0 Å². The largest absolute Gasteiger partial charge is 0.439 e. The summed E-state index contributed by atoms with van der Waals surface area (Å²) in [5, 5.41) is 18.1. The number of hydrogen-bond donors (Lipinski definition) is 2. The molecule has 0 saturated carbocycles. The van der Waals surface area contributed by atoms with Gasteiger partial charge in [-0.25, -0.2) is 4.98 Å². The minimum atomic E-state index is -0.0265. The molecule has 0 saturated heterocycles. The van der Waals surface area contributed by atoms with Crippen LogP contribution in [0.2, 0.25) is 0 Å². The van der Waals surface area contributed by atoms with Gasteiger partial charge in [0.25, 0.3) is 0 Å². The number of hydrogen-bond acceptors (Lipinski definition) is 4. The molecule has 1 heterocycles. The van der Waals surface area contributed by atoms with Crippen LogP contribution in [0.3, 0.4) is 0 Å². The first kappa shape index (κ1) is 14.5. The van der Waals surface area contributed by atoms with Crippen LogP contribution in [0.25, 0.3) is 0 Å². The molecule has 1 aromatic carbocycles. The lowest BCUT2D eigenvalue weighted by Gasteiger charge is -2.09. The van der Waals surface area contributed by atoms with E-state index in [9.17, 15) is 5.11 Å². The fourth-order valence-corrected chi connectivity index (χ4v) is 1.92. The highest BCUT2D eigenvalue weighted by Gasteiger charge is 2.04. The number of pyridine rings is 1. The molecule has 0 amide bonds. The highest BCUT2D eigenvalue weighted by Crippen LogP contribution is 2.22. The van der Waals surface area contributed by atoms with E-state index in [4.69, 9.17) is 9.84 Å². The Kier molecular flexibility index (Phi) is 5.09. The first-order valence-electron chi connectivity index (χ1n) is 6.73. The van der Waals surface area contributed by atoms with Crippen LogP contribution < -0.4 is 4.74 Å². The normalized spacial score (nSPS) is 10.6. The lowest BCUT2D eigenvalue weighted by atomic mass is 10.1. The number of ether oxygens (including phenoxy) is 1. The number of benzene rings is 1. The smallest absolute Gasteiger partial charge is 0.219 e. The molecule has 1 aromatic heterocycles. The summed E-state index contributed by atoms with van der Waals surface area (Å²) in [6.07, 6.45) is 1.43. The fourth-order valence-electron chi connectivity index (χ4n) is 1.92. The molecular weight excluding hydrogens is 254 g/mol. The summed E-state index contributed by atoms with van der Waals surface area (Å²) < 4.78 is 5.71. The molecule has 2 rings (SSSR count). The molecule has 20 heavy (non-hydrogen) atoms. The van der Waals surface area contributed by atoms with Gasteiger partial charge in [-0.15, -0.1) is 0 Å². The molecule has 4 heteroatoms. The molecule has 0 aliphatic carbocycles. The molecule has 0 fully saturated rings. The molecule has 0 aliphatic heterocycles. The van der Waals surface area contributed by atoms with Crippen molar-refractivity contribution in [2.45, 2.75) is 26.4 Å². The maximum absolute atomic E-state index is 9.24. The predicted octanol–water partition coefficient (Wildman–Crippen LogP) is 2.46. The molecule has 2 aromatic rings. The molecule has 0 aliphatic rings. The molecule has 0 radical (unpaired) electrons. The van der Waals surface area contributed by atoms with Crippen molar-refractivity contribution < 1.29 is 14.9 Å². The minimum absolute atomic E-state index is 0.0265. The van der Waals surface area contributed by atoms with E-state index in [0.29, 0.717) is 18.1 Å². The topological polar surface area (TPSA) is 62.6 Å². The summed E-state index contributed by atoms with van der Waals surface area (Å²) in [6, 6.07) is 11.1. The van der Waals surface area contributed by atoms with E-state index in [1.807, 2.05) is 37.3 Å². The van der Waals surface area contributed by atoms with E-state index >= 15 is 0 Å². The van der Waals surface area contributed by atoms with Crippen molar-refractivity contribution in [2.24, 2.45) is 0 Å². The van der Waals surface area contributed by atoms with Gasteiger partial charge < -0.3 is 14.9 Å². The van der Waals surface area contributed by atoms with Crippen molar-refractivity contribution in [3.8, 4) is 11.6 Å². The van der Waals surface area contributed by atoms with Gasteiger partial charge in [0.05, 0.1) is 6.61 Å². The van der Waals surface area contributed by atoms with Crippen LogP contribution in [-0.2, 0) is 19.4 Å². The van der Waals surface area contributed by atoms with E-state index in [2.05, 4.69) is 4.98 Å². The van der Waals surface area contributed by atoms with Crippen LogP contribution in [0.5, 0.6) is 11.6 Å². The summed E-state index contributed by atoms with van der Waals surface area (Å²) in [5.74, 6) is 1.18. The number of aromatic nitrogens is 1. The second-order valence-electron chi connectivity index (χ2n) is 4.54. The summed E-state index contributed by atoms with van der Waals surface area (Å²) >= 11 is 0. The summed E-state index contributed by atoms with van der Waals surface area (Å²) in [6.45, 7) is 2.12. The second kappa shape index (κ2) is 7.03. The van der Waals surface area contributed by atoms with Crippen LogP contribution in [-0.4, -0.2) is 21.8 Å². The molecule has 0 unspecified atom stereocenters. The molecule has 0 atom stereocenters. The first-order valence-corrected chi connectivity index (χ1v) is 6.73. The van der Waals surface area contributed by atoms with Gasteiger partial charge in [-0.2, -0.15) is 0 Å². The van der Waals surface area contributed by atoms with Crippen LogP contribution in [0.4, 0.5) is 0 Å². The van der Waals surface area contributed by atoms with Gasteiger partial charge in [-0.3, -0.25) is 0 Å². The average Bonchev–Trinajstić information content (AvgIpc) is 2.49. The zero-order valence-electron chi connectivity index (χ0n) is 11.5. The maximum atomic E-state index is 9.24. The zero-order chi connectivity index (χ0) is 14.4.